The van der Waals surface area contributed by atoms with E-state index in [1.807, 2.05) is 0 Å². The van der Waals surface area contributed by atoms with Gasteiger partial charge in [0, 0.05) is 6.07 Å². The first-order valence-corrected chi connectivity index (χ1v) is 6.77. The minimum absolute atomic E-state index is 0.0987. The number of aryl methyl sites for hydroxylation is 1. The highest BCUT2D eigenvalue weighted by Crippen LogP contribution is 2.32. The van der Waals surface area contributed by atoms with Crippen LogP contribution in [0.3, 0.4) is 0 Å². The number of halogens is 3. The van der Waals surface area contributed by atoms with Gasteiger partial charge in [-0.3, -0.25) is 9.59 Å². The zero-order valence-electron chi connectivity index (χ0n) is 12.8. The van der Waals surface area contributed by atoms with E-state index in [9.17, 15) is 22.8 Å². The summed E-state index contributed by atoms with van der Waals surface area (Å²) in [6.07, 6.45) is -4.60. The molecule has 2 rings (SSSR count). The predicted molar refractivity (Wildman–Crippen MR) is 76.7 cm³/mol. The van der Waals surface area contributed by atoms with Crippen LogP contribution in [0.25, 0.3) is 0 Å². The van der Waals surface area contributed by atoms with Crippen molar-refractivity contribution in [2.24, 2.45) is 5.73 Å². The Hall–Kier alpha value is -2.84. The molecule has 0 saturated heterocycles. The van der Waals surface area contributed by atoms with Crippen LogP contribution in [0.5, 0.6) is 0 Å². The fourth-order valence-corrected chi connectivity index (χ4v) is 2.05. The molecule has 0 spiro atoms. The van der Waals surface area contributed by atoms with Gasteiger partial charge in [-0.05, 0) is 31.5 Å². The highest BCUT2D eigenvalue weighted by atomic mass is 19.4. The van der Waals surface area contributed by atoms with Gasteiger partial charge in [0.2, 0.25) is 5.91 Å². The number of rotatable bonds is 4. The van der Waals surface area contributed by atoms with Crippen molar-refractivity contribution in [1.29, 1.82) is 0 Å². The van der Waals surface area contributed by atoms with Crippen molar-refractivity contribution in [2.75, 3.05) is 0 Å². The van der Waals surface area contributed by atoms with Gasteiger partial charge in [-0.1, -0.05) is 17.3 Å². The molecule has 0 aliphatic rings. The highest BCUT2D eigenvalue weighted by Gasteiger charge is 2.38. The van der Waals surface area contributed by atoms with Crippen LogP contribution < -0.4 is 11.1 Å². The summed E-state index contributed by atoms with van der Waals surface area (Å²) < 4.78 is 43.3. The van der Waals surface area contributed by atoms with Crippen LogP contribution in [0, 0.1) is 6.92 Å². The minimum Gasteiger partial charge on any atom is -0.367 e. The minimum atomic E-state index is -4.60. The second-order valence-corrected chi connectivity index (χ2v) is 5.34. The number of carbonyl (C=O) groups excluding carboxylic acids is 2. The largest absolute Gasteiger partial charge is 0.416 e. The number of nitrogens with zero attached hydrogens (tertiary/aromatic N) is 1. The molecular formula is C15H14F3N3O3. The van der Waals surface area contributed by atoms with Gasteiger partial charge in [0.1, 0.15) is 11.3 Å². The molecule has 9 heteroatoms. The van der Waals surface area contributed by atoms with Crippen LogP contribution in [0.2, 0.25) is 0 Å². The molecule has 1 heterocycles. The molecule has 0 bridgehead atoms. The number of amides is 2. The van der Waals surface area contributed by atoms with Gasteiger partial charge in [0.25, 0.3) is 5.91 Å². The van der Waals surface area contributed by atoms with E-state index >= 15 is 0 Å². The fourth-order valence-electron chi connectivity index (χ4n) is 2.05. The van der Waals surface area contributed by atoms with E-state index in [4.69, 9.17) is 10.3 Å². The van der Waals surface area contributed by atoms with Gasteiger partial charge in [-0.25, -0.2) is 0 Å². The van der Waals surface area contributed by atoms with Crippen molar-refractivity contribution in [3.8, 4) is 0 Å². The lowest BCUT2D eigenvalue weighted by atomic mass is 9.89. The summed E-state index contributed by atoms with van der Waals surface area (Å²) in [5.41, 5.74) is 2.28. The maximum absolute atomic E-state index is 12.9. The third-order valence-electron chi connectivity index (χ3n) is 3.48. The van der Waals surface area contributed by atoms with Gasteiger partial charge in [0.05, 0.1) is 5.56 Å². The first-order valence-electron chi connectivity index (χ1n) is 6.77. The van der Waals surface area contributed by atoms with Crippen molar-refractivity contribution >= 4 is 11.8 Å². The summed E-state index contributed by atoms with van der Waals surface area (Å²) in [7, 11) is 0. The lowest BCUT2D eigenvalue weighted by Gasteiger charge is -2.28. The van der Waals surface area contributed by atoms with E-state index in [1.54, 1.807) is 6.92 Å². The Labute approximate surface area is 134 Å². The quantitative estimate of drug-likeness (QED) is 0.890. The standard InChI is InChI=1S/C15H14F3N3O3/c1-8-6-11(21-24-8)12(22)20-14(2,13(19)23)9-4-3-5-10(7-9)15(16,17)18/h3-7H,1-2H3,(H2,19,23)(H,20,22)/t14-/m1/s1. The molecule has 3 N–H and O–H groups in total. The Balaban J connectivity index is 2.41. The number of hydrogen-bond acceptors (Lipinski definition) is 4. The first-order chi connectivity index (χ1) is 11.0. The van der Waals surface area contributed by atoms with Gasteiger partial charge in [-0.2, -0.15) is 13.2 Å². The molecule has 2 aromatic rings. The van der Waals surface area contributed by atoms with Crippen LogP contribution in [-0.2, 0) is 16.5 Å². The highest BCUT2D eigenvalue weighted by molar-refractivity contribution is 5.97. The lowest BCUT2D eigenvalue weighted by molar-refractivity contribution is -0.137. The smallest absolute Gasteiger partial charge is 0.367 e. The number of primary amides is 1. The topological polar surface area (TPSA) is 98.2 Å². The lowest BCUT2D eigenvalue weighted by Crippen LogP contribution is -2.52. The normalized spacial score (nSPS) is 14.0. The number of alkyl halides is 3. The number of benzene rings is 1. The number of nitrogens with two attached hydrogens (primary N) is 1. The maximum atomic E-state index is 12.9. The molecule has 0 aliphatic heterocycles. The first kappa shape index (κ1) is 17.5. The molecule has 0 fully saturated rings. The molecular weight excluding hydrogens is 327 g/mol. The number of hydrogen-bond donors (Lipinski definition) is 2. The zero-order chi connectivity index (χ0) is 18.1. The van der Waals surface area contributed by atoms with Gasteiger partial charge < -0.3 is 15.6 Å². The third kappa shape index (κ3) is 3.39. The summed E-state index contributed by atoms with van der Waals surface area (Å²) in [5, 5.41) is 5.80. The van der Waals surface area contributed by atoms with Crippen LogP contribution in [-0.4, -0.2) is 17.0 Å². The summed E-state index contributed by atoms with van der Waals surface area (Å²) in [6, 6.07) is 5.34. The SMILES string of the molecule is Cc1cc(C(=O)N[C@@](C)(C(N)=O)c2cccc(C(F)(F)F)c2)no1. The van der Waals surface area contributed by atoms with Crippen LogP contribution >= 0.6 is 0 Å². The van der Waals surface area contributed by atoms with E-state index in [2.05, 4.69) is 10.5 Å². The number of nitrogens with one attached hydrogen (secondary N) is 1. The van der Waals surface area contributed by atoms with E-state index in [0.717, 1.165) is 18.2 Å². The van der Waals surface area contributed by atoms with Crippen molar-refractivity contribution in [3.05, 3.63) is 52.9 Å². The average Bonchev–Trinajstić information content (AvgIpc) is 2.93. The van der Waals surface area contributed by atoms with Gasteiger partial charge in [0.15, 0.2) is 5.69 Å². The van der Waals surface area contributed by atoms with Crippen LogP contribution in [0.1, 0.15) is 34.3 Å². The zero-order valence-corrected chi connectivity index (χ0v) is 12.8. The molecule has 0 aliphatic carbocycles. The maximum Gasteiger partial charge on any atom is 0.416 e. The number of carbonyl (C=O) groups is 2. The molecule has 0 unspecified atom stereocenters. The fraction of sp³-hybridized carbons (Fsp3) is 0.267. The molecule has 6 nitrogen and oxygen atoms in total. The second-order valence-electron chi connectivity index (χ2n) is 5.34. The molecule has 24 heavy (non-hydrogen) atoms. The van der Waals surface area contributed by atoms with Gasteiger partial charge >= 0.3 is 6.18 Å². The van der Waals surface area contributed by atoms with E-state index in [0.29, 0.717) is 5.76 Å². The van der Waals surface area contributed by atoms with E-state index in [1.165, 1.54) is 19.1 Å². The Kier molecular flexibility index (Phi) is 4.37. The predicted octanol–water partition coefficient (Wildman–Crippen LogP) is 2.13. The van der Waals surface area contributed by atoms with Crippen molar-refractivity contribution in [1.82, 2.24) is 10.5 Å². The summed E-state index contributed by atoms with van der Waals surface area (Å²) in [5.74, 6) is -1.46. The molecule has 2 amide bonds. The Morgan fingerprint density at radius 2 is 1.83 bits per heavy atom. The molecule has 0 saturated carbocycles. The Bertz CT molecular complexity index is 786. The van der Waals surface area contributed by atoms with Crippen molar-refractivity contribution < 1.29 is 27.3 Å². The van der Waals surface area contributed by atoms with E-state index in [-0.39, 0.29) is 11.3 Å². The van der Waals surface area contributed by atoms with Crippen LogP contribution in [0.4, 0.5) is 13.2 Å². The second kappa shape index (κ2) is 5.99. The van der Waals surface area contributed by atoms with Gasteiger partial charge in [-0.15, -0.1) is 0 Å². The third-order valence-corrected chi connectivity index (χ3v) is 3.48. The number of aromatic nitrogens is 1. The average molecular weight is 341 g/mol. The van der Waals surface area contributed by atoms with E-state index < -0.39 is 29.1 Å². The summed E-state index contributed by atoms with van der Waals surface area (Å²) >= 11 is 0. The monoisotopic (exact) mass is 341 g/mol. The Morgan fingerprint density at radius 3 is 2.33 bits per heavy atom. The van der Waals surface area contributed by atoms with Crippen molar-refractivity contribution in [3.63, 3.8) is 0 Å². The Morgan fingerprint density at radius 1 is 1.21 bits per heavy atom. The summed E-state index contributed by atoms with van der Waals surface area (Å²) in [6.45, 7) is 2.78. The summed E-state index contributed by atoms with van der Waals surface area (Å²) in [4.78, 5) is 24.0. The molecule has 1 aromatic carbocycles. The van der Waals surface area contributed by atoms with Crippen molar-refractivity contribution in [2.45, 2.75) is 25.6 Å². The molecule has 128 valence electrons. The molecule has 0 radical (unpaired) electrons. The molecule has 1 aromatic heterocycles. The molecule has 1 atom stereocenters. The van der Waals surface area contributed by atoms with Crippen LogP contribution in [0.15, 0.2) is 34.9 Å².